The number of aryl methyl sites for hydroxylation is 1. The van der Waals surface area contributed by atoms with Gasteiger partial charge in [0.1, 0.15) is 0 Å². The highest BCUT2D eigenvalue weighted by Gasteiger charge is 2.00. The summed E-state index contributed by atoms with van der Waals surface area (Å²) in [4.78, 5) is 4.09. The van der Waals surface area contributed by atoms with Crippen molar-refractivity contribution in [3.05, 3.63) is 60.2 Å². The van der Waals surface area contributed by atoms with Crippen LogP contribution in [0.3, 0.4) is 0 Å². The van der Waals surface area contributed by atoms with Gasteiger partial charge in [0, 0.05) is 30.1 Å². The van der Waals surface area contributed by atoms with E-state index in [9.17, 15) is 0 Å². The summed E-state index contributed by atoms with van der Waals surface area (Å²) in [5.41, 5.74) is 2.51. The molecule has 0 aromatic carbocycles. The molecule has 0 aliphatic heterocycles. The van der Waals surface area contributed by atoms with Gasteiger partial charge in [-0.3, -0.25) is 4.98 Å². The molecule has 0 radical (unpaired) electrons. The normalized spacial score (nSPS) is 10.1. The van der Waals surface area contributed by atoms with Crippen LogP contribution in [0.15, 0.2) is 49.1 Å². The van der Waals surface area contributed by atoms with Gasteiger partial charge in [0.15, 0.2) is 18.9 Å². The largest absolute Gasteiger partial charge is 0.264 e. The van der Waals surface area contributed by atoms with Crippen LogP contribution in [0, 0.1) is 6.92 Å². The van der Waals surface area contributed by atoms with Crippen molar-refractivity contribution in [3.8, 4) is 0 Å². The van der Waals surface area contributed by atoms with Crippen LogP contribution in [0.25, 0.3) is 0 Å². The van der Waals surface area contributed by atoms with Gasteiger partial charge in [0.25, 0.3) is 0 Å². The molecule has 0 atom stereocenters. The number of hydrogen-bond acceptors (Lipinski definition) is 1. The maximum absolute atomic E-state index is 4.09. The zero-order chi connectivity index (χ0) is 9.80. The predicted molar refractivity (Wildman–Crippen MR) is 54.7 cm³/mol. The van der Waals surface area contributed by atoms with Crippen molar-refractivity contribution in [1.29, 1.82) is 0 Å². The second-order valence-electron chi connectivity index (χ2n) is 3.41. The summed E-state index contributed by atoms with van der Waals surface area (Å²) in [6, 6.07) is 8.26. The Kier molecular flexibility index (Phi) is 2.54. The third-order valence-electron chi connectivity index (χ3n) is 2.15. The van der Waals surface area contributed by atoms with Gasteiger partial charge in [-0.1, -0.05) is 0 Å². The van der Waals surface area contributed by atoms with Gasteiger partial charge in [-0.25, -0.2) is 4.57 Å². The second kappa shape index (κ2) is 4.01. The molecule has 2 heteroatoms. The molecule has 0 aliphatic carbocycles. The van der Waals surface area contributed by atoms with Gasteiger partial charge >= 0.3 is 0 Å². The minimum atomic E-state index is 0.883. The molecule has 2 aromatic rings. The van der Waals surface area contributed by atoms with Gasteiger partial charge in [-0.05, 0) is 24.6 Å². The summed E-state index contributed by atoms with van der Waals surface area (Å²) >= 11 is 0. The van der Waals surface area contributed by atoms with E-state index in [0.29, 0.717) is 0 Å². The first-order valence-electron chi connectivity index (χ1n) is 4.69. The average molecular weight is 185 g/mol. The lowest BCUT2D eigenvalue weighted by Crippen LogP contribution is -2.33. The standard InChI is InChI=1S/C12H13N2/c1-11-4-7-14(8-5-11)10-12-3-2-6-13-9-12/h2-9H,10H2,1H3/q+1. The third kappa shape index (κ3) is 2.16. The monoisotopic (exact) mass is 185 g/mol. The Bertz CT molecular complexity index is 392. The van der Waals surface area contributed by atoms with Gasteiger partial charge < -0.3 is 0 Å². The van der Waals surface area contributed by atoms with E-state index in [1.807, 2.05) is 12.3 Å². The summed E-state index contributed by atoms with van der Waals surface area (Å²) < 4.78 is 2.14. The first-order valence-corrected chi connectivity index (χ1v) is 4.69. The number of aromatic nitrogens is 2. The van der Waals surface area contributed by atoms with Gasteiger partial charge in [0.05, 0.1) is 0 Å². The first-order chi connectivity index (χ1) is 6.84. The maximum atomic E-state index is 4.09. The van der Waals surface area contributed by atoms with Crippen LogP contribution in [0.1, 0.15) is 11.1 Å². The van der Waals surface area contributed by atoms with Crippen molar-refractivity contribution in [1.82, 2.24) is 4.98 Å². The van der Waals surface area contributed by atoms with Crippen LogP contribution in [-0.4, -0.2) is 4.98 Å². The Morgan fingerprint density at radius 1 is 1.21 bits per heavy atom. The van der Waals surface area contributed by atoms with Crippen molar-refractivity contribution in [2.24, 2.45) is 0 Å². The van der Waals surface area contributed by atoms with Gasteiger partial charge in [0.2, 0.25) is 0 Å². The smallest absolute Gasteiger partial charge is 0.175 e. The third-order valence-corrected chi connectivity index (χ3v) is 2.15. The minimum absolute atomic E-state index is 0.883. The van der Waals surface area contributed by atoms with Crippen LogP contribution in [0.2, 0.25) is 0 Å². The molecule has 0 saturated carbocycles. The van der Waals surface area contributed by atoms with Crippen molar-refractivity contribution < 1.29 is 4.57 Å². The molecule has 0 amide bonds. The van der Waals surface area contributed by atoms with E-state index in [1.165, 1.54) is 11.1 Å². The highest BCUT2D eigenvalue weighted by molar-refractivity contribution is 5.07. The SMILES string of the molecule is Cc1cc[n+](Cc2cccnc2)cc1. The first kappa shape index (κ1) is 8.88. The molecular formula is C12H13N2+. The number of nitrogens with zero attached hydrogens (tertiary/aromatic N) is 2. The zero-order valence-electron chi connectivity index (χ0n) is 8.22. The molecular weight excluding hydrogens is 172 g/mol. The molecule has 0 bridgehead atoms. The Labute approximate surface area is 83.9 Å². The number of pyridine rings is 2. The fourth-order valence-corrected chi connectivity index (χ4v) is 1.34. The van der Waals surface area contributed by atoms with E-state index < -0.39 is 0 Å². The van der Waals surface area contributed by atoms with Crippen LogP contribution in [0.5, 0.6) is 0 Å². The van der Waals surface area contributed by atoms with E-state index in [1.54, 1.807) is 6.20 Å². The Balaban J connectivity index is 2.16. The molecule has 2 nitrogen and oxygen atoms in total. The molecule has 70 valence electrons. The van der Waals surface area contributed by atoms with Crippen LogP contribution in [0.4, 0.5) is 0 Å². The lowest BCUT2D eigenvalue weighted by atomic mass is 10.2. The van der Waals surface area contributed by atoms with E-state index in [2.05, 4.69) is 47.1 Å². The highest BCUT2D eigenvalue weighted by Crippen LogP contribution is 1.95. The lowest BCUT2D eigenvalue weighted by molar-refractivity contribution is -0.688. The fourth-order valence-electron chi connectivity index (χ4n) is 1.34. The van der Waals surface area contributed by atoms with Crippen LogP contribution >= 0.6 is 0 Å². The molecule has 0 saturated heterocycles. The summed E-state index contributed by atoms with van der Waals surface area (Å²) in [6.45, 7) is 2.97. The zero-order valence-corrected chi connectivity index (χ0v) is 8.22. The van der Waals surface area contributed by atoms with E-state index in [-0.39, 0.29) is 0 Å². The van der Waals surface area contributed by atoms with Crippen molar-refractivity contribution in [3.63, 3.8) is 0 Å². The predicted octanol–water partition coefficient (Wildman–Crippen LogP) is 1.73. The molecule has 0 aliphatic rings. The Morgan fingerprint density at radius 3 is 2.64 bits per heavy atom. The van der Waals surface area contributed by atoms with Gasteiger partial charge in [-0.15, -0.1) is 0 Å². The fraction of sp³-hybridized carbons (Fsp3) is 0.167. The quantitative estimate of drug-likeness (QED) is 0.651. The van der Waals surface area contributed by atoms with E-state index in [4.69, 9.17) is 0 Å². The topological polar surface area (TPSA) is 16.8 Å². The van der Waals surface area contributed by atoms with Crippen LogP contribution < -0.4 is 4.57 Å². The summed E-state index contributed by atoms with van der Waals surface area (Å²) in [7, 11) is 0. The molecule has 2 rings (SSSR count). The van der Waals surface area contributed by atoms with Gasteiger partial charge in [-0.2, -0.15) is 0 Å². The summed E-state index contributed by atoms with van der Waals surface area (Å²) in [5, 5.41) is 0. The van der Waals surface area contributed by atoms with Crippen LogP contribution in [-0.2, 0) is 6.54 Å². The Hall–Kier alpha value is -1.70. The van der Waals surface area contributed by atoms with E-state index in [0.717, 1.165) is 6.54 Å². The summed E-state index contributed by atoms with van der Waals surface area (Å²) in [6.07, 6.45) is 7.86. The van der Waals surface area contributed by atoms with Crippen molar-refractivity contribution >= 4 is 0 Å². The van der Waals surface area contributed by atoms with Crippen molar-refractivity contribution in [2.45, 2.75) is 13.5 Å². The molecule has 0 spiro atoms. The molecule has 0 fully saturated rings. The Morgan fingerprint density at radius 2 is 2.00 bits per heavy atom. The second-order valence-corrected chi connectivity index (χ2v) is 3.41. The summed E-state index contributed by atoms with van der Waals surface area (Å²) in [5.74, 6) is 0. The molecule has 2 aromatic heterocycles. The number of hydrogen-bond donors (Lipinski definition) is 0. The molecule has 0 unspecified atom stereocenters. The molecule has 0 N–H and O–H groups in total. The van der Waals surface area contributed by atoms with Crippen molar-refractivity contribution in [2.75, 3.05) is 0 Å². The highest BCUT2D eigenvalue weighted by atomic mass is 14.9. The molecule has 2 heterocycles. The minimum Gasteiger partial charge on any atom is -0.264 e. The lowest BCUT2D eigenvalue weighted by Gasteiger charge is -1.96. The number of rotatable bonds is 2. The maximum Gasteiger partial charge on any atom is 0.175 e. The average Bonchev–Trinajstić information content (AvgIpc) is 2.23. The van der Waals surface area contributed by atoms with E-state index >= 15 is 0 Å². The molecule has 14 heavy (non-hydrogen) atoms.